The van der Waals surface area contributed by atoms with Gasteiger partial charge in [-0.1, -0.05) is 6.07 Å². The van der Waals surface area contributed by atoms with Crippen LogP contribution in [0.1, 0.15) is 45.6 Å². The number of ether oxygens (including phenoxy) is 2. The van der Waals surface area contributed by atoms with E-state index in [9.17, 15) is 9.18 Å². The van der Waals surface area contributed by atoms with Crippen molar-refractivity contribution < 1.29 is 18.7 Å². The third kappa shape index (κ3) is 5.92. The van der Waals surface area contributed by atoms with Gasteiger partial charge in [-0.3, -0.25) is 0 Å². The number of halogens is 2. The molecule has 0 bridgehead atoms. The average Bonchev–Trinajstić information content (AvgIpc) is 3.36. The number of likely N-dealkylation sites (tertiary alicyclic amines) is 1. The number of rotatable bonds is 5. The van der Waals surface area contributed by atoms with Crippen molar-refractivity contribution in [1.82, 2.24) is 4.90 Å². The summed E-state index contributed by atoms with van der Waals surface area (Å²) in [6.45, 7) is 8.43. The summed E-state index contributed by atoms with van der Waals surface area (Å²) >= 11 is 3.16. The second-order valence-corrected chi connectivity index (χ2v) is 9.58. The summed E-state index contributed by atoms with van der Waals surface area (Å²) < 4.78 is 25.3. The fraction of sp³-hybridized carbons (Fsp3) is 0.667. The maximum Gasteiger partial charge on any atom is 0.410 e. The van der Waals surface area contributed by atoms with Crippen LogP contribution in [0.15, 0.2) is 22.7 Å². The van der Waals surface area contributed by atoms with E-state index in [4.69, 9.17) is 9.47 Å². The molecular formula is C21H29BrFNO3. The van der Waals surface area contributed by atoms with Crippen molar-refractivity contribution in [3.63, 3.8) is 0 Å². The molecule has 2 atom stereocenters. The first-order valence-corrected chi connectivity index (χ1v) is 10.5. The number of hydrogen-bond acceptors (Lipinski definition) is 3. The molecule has 1 saturated heterocycles. The highest BCUT2D eigenvalue weighted by Gasteiger charge is 2.44. The Balaban J connectivity index is 1.35. The van der Waals surface area contributed by atoms with E-state index < -0.39 is 5.60 Å². The van der Waals surface area contributed by atoms with Crippen molar-refractivity contribution >= 4 is 22.0 Å². The first kappa shape index (κ1) is 20.6. The summed E-state index contributed by atoms with van der Waals surface area (Å²) in [6.07, 6.45) is 3.08. The zero-order chi connectivity index (χ0) is 19.6. The molecule has 1 aromatic rings. The number of piperidine rings is 1. The molecule has 1 amide bonds. The third-order valence-electron chi connectivity index (χ3n) is 5.36. The normalized spacial score (nSPS) is 23.4. The molecule has 27 heavy (non-hydrogen) atoms. The molecule has 0 spiro atoms. The molecule has 1 aliphatic carbocycles. The van der Waals surface area contributed by atoms with Crippen molar-refractivity contribution in [1.29, 1.82) is 0 Å². The smallest absolute Gasteiger partial charge is 0.410 e. The number of hydrogen-bond donors (Lipinski definition) is 0. The van der Waals surface area contributed by atoms with Crippen LogP contribution in [0.5, 0.6) is 0 Å². The highest BCUT2D eigenvalue weighted by Crippen LogP contribution is 2.48. The van der Waals surface area contributed by atoms with Gasteiger partial charge in [0.25, 0.3) is 0 Å². The quantitative estimate of drug-likeness (QED) is 0.614. The molecule has 1 saturated carbocycles. The lowest BCUT2D eigenvalue weighted by molar-refractivity contribution is 0.0170. The minimum absolute atomic E-state index is 0.196. The zero-order valence-corrected chi connectivity index (χ0v) is 17.9. The molecule has 2 fully saturated rings. The Morgan fingerprint density at radius 1 is 1.30 bits per heavy atom. The van der Waals surface area contributed by atoms with E-state index in [-0.39, 0.29) is 11.9 Å². The number of benzene rings is 1. The average molecular weight is 442 g/mol. The highest BCUT2D eigenvalue weighted by molar-refractivity contribution is 9.10. The Hall–Kier alpha value is -1.14. The summed E-state index contributed by atoms with van der Waals surface area (Å²) in [5.74, 6) is 1.72. The van der Waals surface area contributed by atoms with Gasteiger partial charge in [-0.25, -0.2) is 9.18 Å². The minimum atomic E-state index is -0.440. The number of amides is 1. The highest BCUT2D eigenvalue weighted by atomic mass is 79.9. The van der Waals surface area contributed by atoms with Crippen LogP contribution >= 0.6 is 15.9 Å². The second-order valence-electron chi connectivity index (χ2n) is 8.73. The molecule has 3 rings (SSSR count). The third-order valence-corrected chi connectivity index (χ3v) is 6.00. The Morgan fingerprint density at radius 2 is 2.00 bits per heavy atom. The number of nitrogens with zero attached hydrogens (tertiary/aromatic N) is 1. The van der Waals surface area contributed by atoms with Gasteiger partial charge < -0.3 is 14.4 Å². The molecule has 2 aliphatic rings. The van der Waals surface area contributed by atoms with E-state index in [1.54, 1.807) is 6.07 Å². The van der Waals surface area contributed by atoms with Gasteiger partial charge in [-0.15, -0.1) is 0 Å². The second kappa shape index (κ2) is 8.48. The van der Waals surface area contributed by atoms with Crippen molar-refractivity contribution in [2.45, 2.75) is 52.2 Å². The summed E-state index contributed by atoms with van der Waals surface area (Å²) in [7, 11) is 0. The van der Waals surface area contributed by atoms with Crippen molar-refractivity contribution in [2.24, 2.45) is 17.8 Å². The van der Waals surface area contributed by atoms with Crippen LogP contribution in [0.2, 0.25) is 0 Å². The van der Waals surface area contributed by atoms with E-state index in [1.165, 1.54) is 12.5 Å². The first-order chi connectivity index (χ1) is 12.7. The van der Waals surface area contributed by atoms with E-state index >= 15 is 0 Å². The molecule has 1 heterocycles. The van der Waals surface area contributed by atoms with E-state index in [0.717, 1.165) is 38.1 Å². The SMILES string of the molecule is CC(C)(C)OC(=O)N1CCC([C@H]2C[C@H]2COCc2ccc(Br)c(F)c2)CC1. The van der Waals surface area contributed by atoms with Crippen LogP contribution in [-0.4, -0.2) is 36.3 Å². The summed E-state index contributed by atoms with van der Waals surface area (Å²) in [4.78, 5) is 14.0. The Kier molecular flexibility index (Phi) is 6.46. The largest absolute Gasteiger partial charge is 0.444 e. The van der Waals surface area contributed by atoms with E-state index in [2.05, 4.69) is 15.9 Å². The van der Waals surface area contributed by atoms with Crippen molar-refractivity contribution in [3.8, 4) is 0 Å². The van der Waals surface area contributed by atoms with Gasteiger partial charge in [0.2, 0.25) is 0 Å². The van der Waals surface area contributed by atoms with Crippen LogP contribution in [0.4, 0.5) is 9.18 Å². The summed E-state index contributed by atoms with van der Waals surface area (Å²) in [5, 5.41) is 0. The van der Waals surface area contributed by atoms with Gasteiger partial charge in [0.05, 0.1) is 17.7 Å². The fourth-order valence-corrected chi connectivity index (χ4v) is 4.08. The van der Waals surface area contributed by atoms with Crippen molar-refractivity contribution in [3.05, 3.63) is 34.1 Å². The topological polar surface area (TPSA) is 38.8 Å². The number of carbonyl (C=O) groups excluding carboxylic acids is 1. The maximum atomic E-state index is 13.5. The minimum Gasteiger partial charge on any atom is -0.444 e. The van der Waals surface area contributed by atoms with Crippen LogP contribution in [0, 0.1) is 23.6 Å². The monoisotopic (exact) mass is 441 g/mol. The molecule has 0 radical (unpaired) electrons. The molecule has 6 heteroatoms. The molecule has 150 valence electrons. The molecule has 4 nitrogen and oxygen atoms in total. The summed E-state index contributed by atoms with van der Waals surface area (Å²) in [6, 6.07) is 5.11. The molecule has 1 aliphatic heterocycles. The Bertz CT molecular complexity index is 668. The van der Waals surface area contributed by atoms with Crippen LogP contribution in [0.25, 0.3) is 0 Å². The zero-order valence-electron chi connectivity index (χ0n) is 16.3. The molecular weight excluding hydrogens is 413 g/mol. The van der Waals surface area contributed by atoms with Crippen LogP contribution < -0.4 is 0 Å². The maximum absolute atomic E-state index is 13.5. The van der Waals surface area contributed by atoms with Gasteiger partial charge in [-0.2, -0.15) is 0 Å². The molecule has 1 aromatic carbocycles. The van der Waals surface area contributed by atoms with Crippen molar-refractivity contribution in [2.75, 3.05) is 19.7 Å². The fourth-order valence-electron chi connectivity index (χ4n) is 3.83. The molecule has 0 aromatic heterocycles. The van der Waals surface area contributed by atoms with Gasteiger partial charge in [0, 0.05) is 13.1 Å². The standard InChI is InChI=1S/C21H29BrFNO3/c1-21(2,3)27-20(25)24-8-6-15(7-9-24)17-11-16(17)13-26-12-14-4-5-18(22)19(23)10-14/h4-5,10,15-17H,6-9,11-13H2,1-3H3/t16-,17+/m0/s1. The Labute approximate surface area is 169 Å². The lowest BCUT2D eigenvalue weighted by atomic mass is 9.91. The van der Waals surface area contributed by atoms with Gasteiger partial charge in [-0.05, 0) is 91.4 Å². The van der Waals surface area contributed by atoms with Gasteiger partial charge >= 0.3 is 6.09 Å². The predicted octanol–water partition coefficient (Wildman–Crippen LogP) is 5.39. The van der Waals surface area contributed by atoms with Gasteiger partial charge in [0.1, 0.15) is 11.4 Å². The molecule has 0 unspecified atom stereocenters. The lowest BCUT2D eigenvalue weighted by Crippen LogP contribution is -2.42. The summed E-state index contributed by atoms with van der Waals surface area (Å²) in [5.41, 5.74) is 0.420. The van der Waals surface area contributed by atoms with Crippen LogP contribution in [0.3, 0.4) is 0 Å². The number of carbonyl (C=O) groups is 1. The molecule has 0 N–H and O–H groups in total. The lowest BCUT2D eigenvalue weighted by Gasteiger charge is -2.33. The predicted molar refractivity (Wildman–Crippen MR) is 106 cm³/mol. The van der Waals surface area contributed by atoms with Gasteiger partial charge in [0.15, 0.2) is 0 Å². The van der Waals surface area contributed by atoms with E-state index in [0.29, 0.717) is 28.8 Å². The Morgan fingerprint density at radius 3 is 2.63 bits per heavy atom. The van der Waals surface area contributed by atoms with Crippen LogP contribution in [-0.2, 0) is 16.1 Å². The first-order valence-electron chi connectivity index (χ1n) is 9.72. The van der Waals surface area contributed by atoms with E-state index in [1.807, 2.05) is 31.7 Å².